The summed E-state index contributed by atoms with van der Waals surface area (Å²) in [4.78, 5) is 16.1. The predicted molar refractivity (Wildman–Crippen MR) is 79.6 cm³/mol. The zero-order chi connectivity index (χ0) is 14.4. The summed E-state index contributed by atoms with van der Waals surface area (Å²) >= 11 is 0. The molecule has 4 heteroatoms. The lowest BCUT2D eigenvalue weighted by atomic mass is 10.1. The number of rotatable bonds is 6. The topological polar surface area (TPSA) is 46.9 Å². The van der Waals surface area contributed by atoms with Gasteiger partial charge in [-0.05, 0) is 30.5 Å². The third-order valence-corrected chi connectivity index (χ3v) is 3.46. The lowest BCUT2D eigenvalue weighted by Gasteiger charge is -2.14. The lowest BCUT2D eigenvalue weighted by Crippen LogP contribution is -2.33. The van der Waals surface area contributed by atoms with Crippen LogP contribution in [0.4, 0.5) is 0 Å². The number of benzene rings is 1. The van der Waals surface area contributed by atoms with Crippen LogP contribution < -0.4 is 5.32 Å². The van der Waals surface area contributed by atoms with Crippen molar-refractivity contribution in [1.82, 2.24) is 14.9 Å². The summed E-state index contributed by atoms with van der Waals surface area (Å²) in [5.41, 5.74) is 1.87. The number of nitrogens with zero attached hydrogens (tertiary/aromatic N) is 2. The van der Waals surface area contributed by atoms with Crippen molar-refractivity contribution in [3.63, 3.8) is 0 Å². The molecule has 0 fully saturated rings. The Kier molecular flexibility index (Phi) is 4.93. The van der Waals surface area contributed by atoms with E-state index in [-0.39, 0.29) is 11.9 Å². The molecule has 2 aromatic rings. The molecule has 0 saturated heterocycles. The summed E-state index contributed by atoms with van der Waals surface area (Å²) in [7, 11) is 0. The second-order valence-electron chi connectivity index (χ2n) is 4.92. The van der Waals surface area contributed by atoms with Crippen LogP contribution in [0, 0.1) is 0 Å². The number of aromatic nitrogens is 2. The molecule has 1 N–H and O–H groups in total. The fourth-order valence-electron chi connectivity index (χ4n) is 2.11. The summed E-state index contributed by atoms with van der Waals surface area (Å²) in [5.74, 6) is 0.00730. The maximum Gasteiger partial charge on any atom is 0.251 e. The first-order chi connectivity index (χ1) is 9.72. The van der Waals surface area contributed by atoms with E-state index in [1.807, 2.05) is 35.0 Å². The third-order valence-electron chi connectivity index (χ3n) is 3.46. The Balaban J connectivity index is 1.98. The molecule has 0 aliphatic heterocycles. The summed E-state index contributed by atoms with van der Waals surface area (Å²) in [6.45, 7) is 4.94. The molecule has 0 atom stereocenters. The quantitative estimate of drug-likeness (QED) is 0.878. The van der Waals surface area contributed by atoms with Crippen LogP contribution in [0.5, 0.6) is 0 Å². The number of amides is 1. The molecule has 4 nitrogen and oxygen atoms in total. The molecule has 0 aliphatic carbocycles. The summed E-state index contributed by atoms with van der Waals surface area (Å²) < 4.78 is 2.00. The highest BCUT2D eigenvalue weighted by Gasteiger charge is 2.10. The number of carbonyl (C=O) groups is 1. The van der Waals surface area contributed by atoms with Crippen LogP contribution in [0.3, 0.4) is 0 Å². The van der Waals surface area contributed by atoms with Gasteiger partial charge in [0.15, 0.2) is 0 Å². The third kappa shape index (κ3) is 3.70. The van der Waals surface area contributed by atoms with Crippen molar-refractivity contribution in [1.29, 1.82) is 0 Å². The van der Waals surface area contributed by atoms with Gasteiger partial charge in [0.25, 0.3) is 5.91 Å². The van der Waals surface area contributed by atoms with E-state index in [9.17, 15) is 4.79 Å². The zero-order valence-corrected chi connectivity index (χ0v) is 12.0. The minimum absolute atomic E-state index is 0.00730. The number of hydrogen-bond acceptors (Lipinski definition) is 2. The van der Waals surface area contributed by atoms with Crippen molar-refractivity contribution in [2.75, 3.05) is 0 Å². The van der Waals surface area contributed by atoms with E-state index >= 15 is 0 Å². The normalized spacial score (nSPS) is 10.8. The zero-order valence-electron chi connectivity index (χ0n) is 12.0. The fourth-order valence-corrected chi connectivity index (χ4v) is 2.11. The van der Waals surface area contributed by atoms with E-state index < -0.39 is 0 Å². The lowest BCUT2D eigenvalue weighted by molar-refractivity contribution is 0.0935. The molecule has 0 unspecified atom stereocenters. The molecule has 20 heavy (non-hydrogen) atoms. The molecule has 2 rings (SSSR count). The predicted octanol–water partition coefficient (Wildman–Crippen LogP) is 2.85. The second-order valence-corrected chi connectivity index (χ2v) is 4.92. The van der Waals surface area contributed by atoms with Crippen molar-refractivity contribution < 1.29 is 4.79 Å². The van der Waals surface area contributed by atoms with Crippen molar-refractivity contribution >= 4 is 5.91 Å². The Bertz CT molecular complexity index is 527. The van der Waals surface area contributed by atoms with Gasteiger partial charge in [-0.25, -0.2) is 4.98 Å². The van der Waals surface area contributed by atoms with Gasteiger partial charge in [0.05, 0.1) is 6.33 Å². The average Bonchev–Trinajstić information content (AvgIpc) is 2.98. The molecule has 0 saturated carbocycles. The fraction of sp³-hybridized carbons (Fsp3) is 0.375. The molecule has 106 valence electrons. The van der Waals surface area contributed by atoms with Gasteiger partial charge in [-0.1, -0.05) is 26.0 Å². The van der Waals surface area contributed by atoms with E-state index in [4.69, 9.17) is 0 Å². The Morgan fingerprint density at radius 1 is 1.25 bits per heavy atom. The van der Waals surface area contributed by atoms with Crippen molar-refractivity contribution in [3.8, 4) is 0 Å². The van der Waals surface area contributed by atoms with Gasteiger partial charge >= 0.3 is 0 Å². The summed E-state index contributed by atoms with van der Waals surface area (Å²) in [6.07, 6.45) is 7.39. The van der Waals surface area contributed by atoms with Crippen LogP contribution in [0.15, 0.2) is 43.0 Å². The van der Waals surface area contributed by atoms with E-state index in [2.05, 4.69) is 24.1 Å². The first-order valence-electron chi connectivity index (χ1n) is 7.08. The molecule has 1 aromatic heterocycles. The molecule has 1 amide bonds. The van der Waals surface area contributed by atoms with Gasteiger partial charge in [-0.15, -0.1) is 0 Å². The van der Waals surface area contributed by atoms with E-state index in [1.165, 1.54) is 0 Å². The smallest absolute Gasteiger partial charge is 0.251 e. The molecule has 1 heterocycles. The van der Waals surface area contributed by atoms with Gasteiger partial charge in [-0.3, -0.25) is 4.79 Å². The minimum atomic E-state index is 0.00730. The van der Waals surface area contributed by atoms with Crippen molar-refractivity contribution in [2.45, 2.75) is 39.3 Å². The number of imidazole rings is 1. The minimum Gasteiger partial charge on any atom is -0.349 e. The first kappa shape index (κ1) is 14.3. The maximum absolute atomic E-state index is 12.1. The standard InChI is InChI=1S/C16H21N3O/c1-3-15(4-2)18-16(20)14-7-5-13(6-8-14)11-19-10-9-17-12-19/h5-10,12,15H,3-4,11H2,1-2H3,(H,18,20). The van der Waals surface area contributed by atoms with Gasteiger partial charge in [-0.2, -0.15) is 0 Å². The van der Waals surface area contributed by atoms with Crippen LogP contribution in [-0.2, 0) is 6.54 Å². The molecule has 0 spiro atoms. The highest BCUT2D eigenvalue weighted by atomic mass is 16.1. The maximum atomic E-state index is 12.1. The van der Waals surface area contributed by atoms with Gasteiger partial charge < -0.3 is 9.88 Å². The average molecular weight is 271 g/mol. The van der Waals surface area contributed by atoms with Crippen LogP contribution in [0.1, 0.15) is 42.6 Å². The number of nitrogens with one attached hydrogen (secondary N) is 1. The van der Waals surface area contributed by atoms with E-state index in [0.29, 0.717) is 5.56 Å². The molecule has 1 aromatic carbocycles. The number of hydrogen-bond donors (Lipinski definition) is 1. The Labute approximate surface area is 119 Å². The molecule has 0 aliphatic rings. The van der Waals surface area contributed by atoms with Crippen LogP contribution in [0.25, 0.3) is 0 Å². The van der Waals surface area contributed by atoms with Gasteiger partial charge in [0.2, 0.25) is 0 Å². The van der Waals surface area contributed by atoms with E-state index in [0.717, 1.165) is 24.9 Å². The highest BCUT2D eigenvalue weighted by Crippen LogP contribution is 2.07. The van der Waals surface area contributed by atoms with Crippen LogP contribution >= 0.6 is 0 Å². The highest BCUT2D eigenvalue weighted by molar-refractivity contribution is 5.94. The Morgan fingerprint density at radius 2 is 1.95 bits per heavy atom. The first-order valence-corrected chi connectivity index (χ1v) is 7.08. The summed E-state index contributed by atoms with van der Waals surface area (Å²) in [5, 5.41) is 3.04. The van der Waals surface area contributed by atoms with Gasteiger partial charge in [0, 0.05) is 30.5 Å². The van der Waals surface area contributed by atoms with Crippen molar-refractivity contribution in [2.24, 2.45) is 0 Å². The Morgan fingerprint density at radius 3 is 2.50 bits per heavy atom. The molecular formula is C16H21N3O. The van der Waals surface area contributed by atoms with Crippen molar-refractivity contribution in [3.05, 3.63) is 54.1 Å². The Hall–Kier alpha value is -2.10. The second kappa shape index (κ2) is 6.89. The molecular weight excluding hydrogens is 250 g/mol. The summed E-state index contributed by atoms with van der Waals surface area (Å²) in [6, 6.07) is 7.99. The largest absolute Gasteiger partial charge is 0.349 e. The van der Waals surface area contributed by atoms with Crippen LogP contribution in [0.2, 0.25) is 0 Å². The SMILES string of the molecule is CCC(CC)NC(=O)c1ccc(Cn2ccnc2)cc1. The molecule has 0 radical (unpaired) electrons. The molecule has 0 bridgehead atoms. The number of carbonyl (C=O) groups excluding carboxylic acids is 1. The van der Waals surface area contributed by atoms with Crippen LogP contribution in [-0.4, -0.2) is 21.5 Å². The van der Waals surface area contributed by atoms with Gasteiger partial charge in [0.1, 0.15) is 0 Å². The van der Waals surface area contributed by atoms with E-state index in [1.54, 1.807) is 12.5 Å². The monoisotopic (exact) mass is 271 g/mol.